The minimum atomic E-state index is -0.477. The smallest absolute Gasteiger partial charge is 0.407 e. The van der Waals surface area contributed by atoms with Gasteiger partial charge in [0.1, 0.15) is 5.60 Å². The standard InChI is InChI=1S/C13H24N2O3/c1-13(2,3)18-12(16)15-8-11(7-14)10-5-4-6-17-9-10/h9,11H,4-8,14H2,1-3H3,(H,15,16). The van der Waals surface area contributed by atoms with E-state index < -0.39 is 11.7 Å². The van der Waals surface area contributed by atoms with E-state index >= 15 is 0 Å². The number of rotatable bonds is 4. The van der Waals surface area contributed by atoms with E-state index in [1.165, 1.54) is 5.57 Å². The molecule has 1 atom stereocenters. The number of amides is 1. The van der Waals surface area contributed by atoms with E-state index in [1.807, 2.05) is 20.8 Å². The van der Waals surface area contributed by atoms with Crippen LogP contribution in [-0.2, 0) is 9.47 Å². The zero-order valence-electron chi connectivity index (χ0n) is 11.5. The molecule has 0 saturated carbocycles. The van der Waals surface area contributed by atoms with Crippen LogP contribution in [0.5, 0.6) is 0 Å². The molecule has 0 aromatic heterocycles. The Morgan fingerprint density at radius 1 is 1.61 bits per heavy atom. The number of ether oxygens (including phenoxy) is 2. The average molecular weight is 256 g/mol. The van der Waals surface area contributed by atoms with Gasteiger partial charge in [-0.25, -0.2) is 4.79 Å². The first kappa shape index (κ1) is 14.8. The zero-order chi connectivity index (χ0) is 13.6. The molecule has 0 radical (unpaired) electrons. The molecule has 3 N–H and O–H groups in total. The van der Waals surface area contributed by atoms with E-state index in [0.29, 0.717) is 13.1 Å². The molecule has 18 heavy (non-hydrogen) atoms. The van der Waals surface area contributed by atoms with Crippen molar-refractivity contribution in [3.05, 3.63) is 11.8 Å². The van der Waals surface area contributed by atoms with Crippen LogP contribution in [0.15, 0.2) is 11.8 Å². The second-order valence-electron chi connectivity index (χ2n) is 5.48. The lowest BCUT2D eigenvalue weighted by Crippen LogP contribution is -2.37. The summed E-state index contributed by atoms with van der Waals surface area (Å²) >= 11 is 0. The summed E-state index contributed by atoms with van der Waals surface area (Å²) in [4.78, 5) is 11.5. The number of alkyl carbamates (subject to hydrolysis) is 1. The number of nitrogens with one attached hydrogen (secondary N) is 1. The highest BCUT2D eigenvalue weighted by molar-refractivity contribution is 5.67. The molecule has 1 rings (SSSR count). The van der Waals surface area contributed by atoms with Crippen molar-refractivity contribution in [3.8, 4) is 0 Å². The van der Waals surface area contributed by atoms with E-state index in [1.54, 1.807) is 6.26 Å². The molecule has 1 aliphatic heterocycles. The Labute approximate surface area is 109 Å². The molecule has 0 spiro atoms. The highest BCUT2D eigenvalue weighted by Crippen LogP contribution is 2.19. The van der Waals surface area contributed by atoms with Crippen LogP contribution in [-0.4, -0.2) is 31.4 Å². The van der Waals surface area contributed by atoms with Gasteiger partial charge in [0.25, 0.3) is 0 Å². The molecular weight excluding hydrogens is 232 g/mol. The summed E-state index contributed by atoms with van der Waals surface area (Å²) in [7, 11) is 0. The number of carbonyl (C=O) groups is 1. The van der Waals surface area contributed by atoms with Crippen LogP contribution in [0.3, 0.4) is 0 Å². The summed E-state index contributed by atoms with van der Waals surface area (Å²) in [6.07, 6.45) is 3.36. The summed E-state index contributed by atoms with van der Waals surface area (Å²) in [6.45, 7) is 7.26. The molecular formula is C13H24N2O3. The molecule has 1 unspecified atom stereocenters. The Morgan fingerprint density at radius 2 is 2.33 bits per heavy atom. The van der Waals surface area contributed by atoms with Crippen molar-refractivity contribution in [2.45, 2.75) is 39.2 Å². The highest BCUT2D eigenvalue weighted by atomic mass is 16.6. The number of nitrogens with two attached hydrogens (primary N) is 1. The Balaban J connectivity index is 2.40. The first-order valence-electron chi connectivity index (χ1n) is 6.40. The SMILES string of the molecule is CC(C)(C)OC(=O)NCC(CN)C1=COCCC1. The van der Waals surface area contributed by atoms with Gasteiger partial charge in [-0.05, 0) is 39.2 Å². The first-order valence-corrected chi connectivity index (χ1v) is 6.40. The first-order chi connectivity index (χ1) is 8.42. The maximum absolute atomic E-state index is 11.5. The third-order valence-electron chi connectivity index (χ3n) is 2.66. The number of hydrogen-bond donors (Lipinski definition) is 2. The van der Waals surface area contributed by atoms with Crippen molar-refractivity contribution < 1.29 is 14.3 Å². The van der Waals surface area contributed by atoms with Crippen LogP contribution in [0.2, 0.25) is 0 Å². The van der Waals surface area contributed by atoms with Gasteiger partial charge in [-0.2, -0.15) is 0 Å². The largest absolute Gasteiger partial charge is 0.501 e. The predicted molar refractivity (Wildman–Crippen MR) is 70.1 cm³/mol. The third-order valence-corrected chi connectivity index (χ3v) is 2.66. The van der Waals surface area contributed by atoms with Crippen molar-refractivity contribution in [2.24, 2.45) is 11.7 Å². The number of hydrogen-bond acceptors (Lipinski definition) is 4. The van der Waals surface area contributed by atoms with Gasteiger partial charge in [-0.1, -0.05) is 0 Å². The van der Waals surface area contributed by atoms with Crippen LogP contribution < -0.4 is 11.1 Å². The van der Waals surface area contributed by atoms with Gasteiger partial charge >= 0.3 is 6.09 Å². The topological polar surface area (TPSA) is 73.6 Å². The molecule has 1 aliphatic rings. The summed E-state index contributed by atoms with van der Waals surface area (Å²) in [5.74, 6) is 0.123. The van der Waals surface area contributed by atoms with E-state index in [0.717, 1.165) is 19.4 Å². The van der Waals surface area contributed by atoms with Crippen molar-refractivity contribution in [3.63, 3.8) is 0 Å². The maximum atomic E-state index is 11.5. The van der Waals surface area contributed by atoms with Crippen molar-refractivity contribution in [1.82, 2.24) is 5.32 Å². The number of carbonyl (C=O) groups excluding carboxylic acids is 1. The molecule has 0 aromatic rings. The fraction of sp³-hybridized carbons (Fsp3) is 0.769. The lowest BCUT2D eigenvalue weighted by atomic mass is 9.95. The molecule has 0 bridgehead atoms. The molecule has 0 aromatic carbocycles. The quantitative estimate of drug-likeness (QED) is 0.804. The molecule has 0 aliphatic carbocycles. The molecule has 1 amide bonds. The van der Waals surface area contributed by atoms with Crippen molar-refractivity contribution in [1.29, 1.82) is 0 Å². The predicted octanol–water partition coefficient (Wildman–Crippen LogP) is 1.78. The van der Waals surface area contributed by atoms with E-state index in [2.05, 4.69) is 5.32 Å². The summed E-state index contributed by atoms with van der Waals surface area (Å²) in [5, 5.41) is 2.75. The lowest BCUT2D eigenvalue weighted by Gasteiger charge is -2.24. The van der Waals surface area contributed by atoms with Crippen molar-refractivity contribution >= 4 is 6.09 Å². The Hall–Kier alpha value is -1.23. The van der Waals surface area contributed by atoms with Crippen LogP contribution in [0.1, 0.15) is 33.6 Å². The van der Waals surface area contributed by atoms with Gasteiger partial charge in [-0.15, -0.1) is 0 Å². The van der Waals surface area contributed by atoms with Gasteiger partial charge in [-0.3, -0.25) is 0 Å². The summed E-state index contributed by atoms with van der Waals surface area (Å²) in [6, 6.07) is 0. The Morgan fingerprint density at radius 3 is 2.83 bits per heavy atom. The zero-order valence-corrected chi connectivity index (χ0v) is 11.5. The third kappa shape index (κ3) is 5.40. The lowest BCUT2D eigenvalue weighted by molar-refractivity contribution is 0.0521. The fourth-order valence-electron chi connectivity index (χ4n) is 1.77. The van der Waals surface area contributed by atoms with Gasteiger partial charge in [0.05, 0.1) is 12.9 Å². The van der Waals surface area contributed by atoms with Gasteiger partial charge < -0.3 is 20.5 Å². The van der Waals surface area contributed by atoms with E-state index in [9.17, 15) is 4.79 Å². The van der Waals surface area contributed by atoms with Gasteiger partial charge in [0.15, 0.2) is 0 Å². The van der Waals surface area contributed by atoms with Crippen molar-refractivity contribution in [2.75, 3.05) is 19.7 Å². The summed E-state index contributed by atoms with van der Waals surface area (Å²) in [5.41, 5.74) is 6.42. The van der Waals surface area contributed by atoms with Gasteiger partial charge in [0.2, 0.25) is 0 Å². The van der Waals surface area contributed by atoms with Crippen LogP contribution in [0.4, 0.5) is 4.79 Å². The van der Waals surface area contributed by atoms with Gasteiger partial charge in [0, 0.05) is 19.0 Å². The van der Waals surface area contributed by atoms with Crippen LogP contribution in [0, 0.1) is 5.92 Å². The molecule has 1 heterocycles. The minimum Gasteiger partial charge on any atom is -0.501 e. The maximum Gasteiger partial charge on any atom is 0.407 e. The monoisotopic (exact) mass is 256 g/mol. The molecule has 5 heteroatoms. The highest BCUT2D eigenvalue weighted by Gasteiger charge is 2.19. The fourth-order valence-corrected chi connectivity index (χ4v) is 1.77. The van der Waals surface area contributed by atoms with E-state index in [-0.39, 0.29) is 5.92 Å². The van der Waals surface area contributed by atoms with E-state index in [4.69, 9.17) is 15.2 Å². The summed E-state index contributed by atoms with van der Waals surface area (Å²) < 4.78 is 10.5. The van der Waals surface area contributed by atoms with Crippen LogP contribution >= 0.6 is 0 Å². The Kier molecular flexibility index (Phi) is 5.47. The molecule has 5 nitrogen and oxygen atoms in total. The van der Waals surface area contributed by atoms with Crippen LogP contribution in [0.25, 0.3) is 0 Å². The molecule has 104 valence electrons. The average Bonchev–Trinajstić information content (AvgIpc) is 2.29. The Bertz CT molecular complexity index is 308. The second-order valence-corrected chi connectivity index (χ2v) is 5.48. The molecule has 0 saturated heterocycles. The normalized spacial score (nSPS) is 17.4. The minimum absolute atomic E-state index is 0.123. The molecule has 0 fully saturated rings. The second kappa shape index (κ2) is 6.64.